The molecule has 3 aliphatic heterocycles. The van der Waals surface area contributed by atoms with Gasteiger partial charge < -0.3 is 15.3 Å². The van der Waals surface area contributed by atoms with Crippen LogP contribution in [0.3, 0.4) is 0 Å². The summed E-state index contributed by atoms with van der Waals surface area (Å²) < 4.78 is 16.5. The Morgan fingerprint density at radius 1 is 1.20 bits per heavy atom. The van der Waals surface area contributed by atoms with E-state index in [9.17, 15) is 19.5 Å². The third-order valence-corrected chi connectivity index (χ3v) is 8.75. The predicted molar refractivity (Wildman–Crippen MR) is 151 cm³/mol. The molecule has 10 heteroatoms. The highest BCUT2D eigenvalue weighted by Crippen LogP contribution is 2.60. The molecule has 2 aromatic rings. The molecule has 7 nitrogen and oxygen atoms in total. The number of amides is 2. The van der Waals surface area contributed by atoms with E-state index in [1.54, 1.807) is 35.2 Å². The van der Waals surface area contributed by atoms with Crippen molar-refractivity contribution in [1.29, 1.82) is 0 Å². The molecular formula is C30H26Cl2FN3O4. The third-order valence-electron chi connectivity index (χ3n) is 8.39. The first-order chi connectivity index (χ1) is 19.1. The van der Waals surface area contributed by atoms with Crippen LogP contribution in [0.2, 0.25) is 5.02 Å². The van der Waals surface area contributed by atoms with Crippen LogP contribution in [0.25, 0.3) is 0 Å². The number of allylic oxidation sites excluding steroid dienone is 4. The molecule has 0 radical (unpaired) electrons. The molecule has 6 rings (SSSR count). The summed E-state index contributed by atoms with van der Waals surface area (Å²) in [6, 6.07) is 10.7. The van der Waals surface area contributed by atoms with Crippen molar-refractivity contribution in [3.63, 3.8) is 0 Å². The van der Waals surface area contributed by atoms with Crippen LogP contribution in [0.1, 0.15) is 28.8 Å². The molecule has 3 fully saturated rings. The number of hydrogen-bond acceptors (Lipinski definition) is 4. The summed E-state index contributed by atoms with van der Waals surface area (Å²) in [5, 5.41) is 12.9. The number of anilines is 2. The number of carbonyl (C=O) groups is 3. The second-order valence-electron chi connectivity index (χ2n) is 10.7. The number of fused-ring (bicyclic) bond motifs is 3. The van der Waals surface area contributed by atoms with E-state index >= 15 is 4.39 Å². The minimum absolute atomic E-state index is 0.0994. The molecule has 4 atom stereocenters. The average molecular weight is 582 g/mol. The molecule has 2 N–H and O–H groups in total. The lowest BCUT2D eigenvalue weighted by Crippen LogP contribution is -2.55. The Bertz CT molecular complexity index is 1500. The highest BCUT2D eigenvalue weighted by atomic mass is 35.5. The van der Waals surface area contributed by atoms with E-state index < -0.39 is 35.2 Å². The zero-order valence-electron chi connectivity index (χ0n) is 21.3. The number of benzene rings is 2. The summed E-state index contributed by atoms with van der Waals surface area (Å²) >= 11 is 12.1. The number of nitrogens with one attached hydrogen (secondary N) is 1. The predicted octanol–water partition coefficient (Wildman–Crippen LogP) is 5.72. The maximum Gasteiger partial charge on any atom is 0.335 e. The van der Waals surface area contributed by atoms with Crippen LogP contribution in [0.15, 0.2) is 78.1 Å². The van der Waals surface area contributed by atoms with Gasteiger partial charge in [0.25, 0.3) is 0 Å². The van der Waals surface area contributed by atoms with Gasteiger partial charge in [-0.15, -0.1) is 0 Å². The number of nitrogens with zero attached hydrogens (tertiary/aromatic N) is 2. The fourth-order valence-corrected chi connectivity index (χ4v) is 6.82. The van der Waals surface area contributed by atoms with Crippen LogP contribution in [-0.2, 0) is 15.1 Å². The molecule has 4 aliphatic rings. The summed E-state index contributed by atoms with van der Waals surface area (Å²) in [6.07, 6.45) is 6.11. The smallest absolute Gasteiger partial charge is 0.335 e. The largest absolute Gasteiger partial charge is 0.478 e. The monoisotopic (exact) mass is 581 g/mol. The number of carboxylic acids is 1. The van der Waals surface area contributed by atoms with Crippen molar-refractivity contribution in [2.45, 2.75) is 24.4 Å². The van der Waals surface area contributed by atoms with Crippen molar-refractivity contribution < 1.29 is 23.9 Å². The number of carboxylic acid groups (broad SMARTS) is 1. The molecule has 1 aliphatic carbocycles. The van der Waals surface area contributed by atoms with E-state index in [1.807, 2.05) is 4.90 Å². The zero-order valence-corrected chi connectivity index (χ0v) is 22.8. The van der Waals surface area contributed by atoms with Crippen LogP contribution < -0.4 is 10.2 Å². The first kappa shape index (κ1) is 26.7. The molecule has 2 saturated heterocycles. The van der Waals surface area contributed by atoms with E-state index in [4.69, 9.17) is 23.2 Å². The van der Waals surface area contributed by atoms with Gasteiger partial charge in [0.05, 0.1) is 17.4 Å². The molecule has 0 aromatic heterocycles. The van der Waals surface area contributed by atoms with E-state index in [-0.39, 0.29) is 29.0 Å². The highest BCUT2D eigenvalue weighted by Gasteiger charge is 2.71. The lowest BCUT2D eigenvalue weighted by atomic mass is 9.74. The molecule has 0 bridgehead atoms. The van der Waals surface area contributed by atoms with Crippen molar-refractivity contribution in [2.24, 2.45) is 17.8 Å². The van der Waals surface area contributed by atoms with Crippen LogP contribution in [-0.4, -0.2) is 46.9 Å². The van der Waals surface area contributed by atoms with Gasteiger partial charge in [0.2, 0.25) is 11.8 Å². The standard InChI is InChI=1S/C30H26Cl2FN3O4/c1-16(31)3-2-4-22(33)26-25-24(15-35(27(25)37)20-10-7-18(8-11-20)28(38)39)36(14-17-5-6-17)30(26)21-12-9-19(32)13-23(21)34-29(30)40/h2-4,7-13,17,24-26H,1,5-6,14-15H2,(H,34,40)(H,38,39)/b3-2-,22-4-/t24-,25+,26-,30+/m1/s1. The van der Waals surface area contributed by atoms with Crippen LogP contribution in [0, 0.1) is 17.8 Å². The Hall–Kier alpha value is -3.46. The molecule has 40 heavy (non-hydrogen) atoms. The number of halogens is 3. The van der Waals surface area contributed by atoms with Crippen LogP contribution in [0.4, 0.5) is 15.8 Å². The fraction of sp³-hybridized carbons (Fsp3) is 0.300. The maximum atomic E-state index is 16.5. The van der Waals surface area contributed by atoms with Gasteiger partial charge in [0, 0.05) is 46.1 Å². The van der Waals surface area contributed by atoms with Crippen molar-refractivity contribution in [3.05, 3.63) is 94.3 Å². The second kappa shape index (κ2) is 9.87. The van der Waals surface area contributed by atoms with Gasteiger partial charge in [-0.05, 0) is 67.3 Å². The topological polar surface area (TPSA) is 90.0 Å². The number of aromatic carboxylic acids is 1. The van der Waals surface area contributed by atoms with Crippen molar-refractivity contribution in [2.75, 3.05) is 23.3 Å². The quantitative estimate of drug-likeness (QED) is 0.408. The molecule has 1 saturated carbocycles. The van der Waals surface area contributed by atoms with E-state index in [2.05, 4.69) is 11.9 Å². The van der Waals surface area contributed by atoms with Gasteiger partial charge in [0.1, 0.15) is 11.4 Å². The van der Waals surface area contributed by atoms with E-state index in [1.165, 1.54) is 30.4 Å². The number of hydrogen-bond donors (Lipinski definition) is 2. The summed E-state index contributed by atoms with van der Waals surface area (Å²) in [5.74, 6) is -4.04. The second-order valence-corrected chi connectivity index (χ2v) is 11.7. The minimum Gasteiger partial charge on any atom is -0.478 e. The Balaban J connectivity index is 1.50. The molecule has 2 aromatic carbocycles. The van der Waals surface area contributed by atoms with Gasteiger partial charge in [-0.3, -0.25) is 14.5 Å². The molecular weight excluding hydrogens is 556 g/mol. The van der Waals surface area contributed by atoms with Crippen molar-refractivity contribution in [3.8, 4) is 0 Å². The van der Waals surface area contributed by atoms with E-state index in [0.717, 1.165) is 12.8 Å². The number of carbonyl (C=O) groups excluding carboxylic acids is 2. The summed E-state index contributed by atoms with van der Waals surface area (Å²) in [7, 11) is 0. The Morgan fingerprint density at radius 2 is 1.93 bits per heavy atom. The Morgan fingerprint density at radius 3 is 2.58 bits per heavy atom. The van der Waals surface area contributed by atoms with Crippen LogP contribution >= 0.6 is 23.2 Å². The molecule has 3 heterocycles. The summed E-state index contributed by atoms with van der Waals surface area (Å²) in [4.78, 5) is 43.1. The van der Waals surface area contributed by atoms with Gasteiger partial charge in [-0.1, -0.05) is 41.9 Å². The minimum atomic E-state index is -1.45. The summed E-state index contributed by atoms with van der Waals surface area (Å²) in [5.41, 5.74) is 0.284. The zero-order chi connectivity index (χ0) is 28.3. The van der Waals surface area contributed by atoms with Crippen molar-refractivity contribution in [1.82, 2.24) is 4.90 Å². The highest BCUT2D eigenvalue weighted by molar-refractivity contribution is 6.31. The van der Waals surface area contributed by atoms with Crippen LogP contribution in [0.5, 0.6) is 0 Å². The lowest BCUT2D eigenvalue weighted by Gasteiger charge is -2.40. The fourth-order valence-electron chi connectivity index (χ4n) is 6.57. The van der Waals surface area contributed by atoms with Gasteiger partial charge >= 0.3 is 5.97 Å². The number of rotatable bonds is 7. The Kier molecular flexibility index (Phi) is 6.60. The van der Waals surface area contributed by atoms with Gasteiger partial charge in [-0.25, -0.2) is 9.18 Å². The molecule has 2 amide bonds. The van der Waals surface area contributed by atoms with E-state index in [0.29, 0.717) is 34.4 Å². The Labute approximate surface area is 240 Å². The van der Waals surface area contributed by atoms with Gasteiger partial charge in [-0.2, -0.15) is 0 Å². The SMILES string of the molecule is C=C(Cl)/C=C\C=C(/F)[C@@H]1[C@H]2C(=O)N(c3ccc(C(=O)O)cc3)C[C@H]2N(CC2CC2)[C@]12C(=O)Nc1cc(Cl)ccc12. The average Bonchev–Trinajstić information content (AvgIpc) is 3.53. The summed E-state index contributed by atoms with van der Waals surface area (Å²) in [6.45, 7) is 4.36. The normalized spacial score (nSPS) is 27.9. The molecule has 1 spiro atoms. The first-order valence-electron chi connectivity index (χ1n) is 13.0. The van der Waals surface area contributed by atoms with Crippen molar-refractivity contribution >= 4 is 52.4 Å². The molecule has 0 unspecified atom stereocenters. The lowest BCUT2D eigenvalue weighted by molar-refractivity contribution is -0.129. The van der Waals surface area contributed by atoms with Gasteiger partial charge in [0.15, 0.2) is 0 Å². The third kappa shape index (κ3) is 4.17. The maximum absolute atomic E-state index is 16.5. The molecule has 206 valence electrons. The number of likely N-dealkylation sites (tertiary alicyclic amines) is 1. The first-order valence-corrected chi connectivity index (χ1v) is 13.8.